The predicted octanol–water partition coefficient (Wildman–Crippen LogP) is 3.51. The third-order valence-corrected chi connectivity index (χ3v) is 5.21. The minimum Gasteiger partial charge on any atom is -0.319 e. The molecule has 2 atom stereocenters. The summed E-state index contributed by atoms with van der Waals surface area (Å²) < 4.78 is 0. The molecule has 90 valence electrons. The van der Waals surface area contributed by atoms with Crippen LogP contribution in [-0.2, 0) is 5.54 Å². The van der Waals surface area contributed by atoms with E-state index in [1.165, 1.54) is 29.1 Å². The molecule has 0 saturated heterocycles. The van der Waals surface area contributed by atoms with Gasteiger partial charge in [-0.25, -0.2) is 4.98 Å². The molecule has 2 nitrogen and oxygen atoms in total. The number of aryl methyl sites for hydroxylation is 2. The monoisotopic (exact) mass is 238 g/mol. The van der Waals surface area contributed by atoms with Crippen molar-refractivity contribution in [2.45, 2.75) is 58.4 Å². The van der Waals surface area contributed by atoms with Gasteiger partial charge in [0.15, 0.2) is 0 Å². The van der Waals surface area contributed by atoms with Gasteiger partial charge >= 0.3 is 0 Å². The molecule has 2 rings (SSSR count). The maximum Gasteiger partial charge on any atom is 0.113 e. The highest BCUT2D eigenvalue weighted by Crippen LogP contribution is 2.40. The van der Waals surface area contributed by atoms with Gasteiger partial charge in [-0.05, 0) is 32.6 Å². The van der Waals surface area contributed by atoms with Crippen LogP contribution in [0.15, 0.2) is 0 Å². The zero-order valence-corrected chi connectivity index (χ0v) is 11.4. The van der Waals surface area contributed by atoms with Crippen molar-refractivity contribution in [3.8, 4) is 0 Å². The lowest BCUT2D eigenvalue weighted by Gasteiger charge is -2.36. The molecule has 0 amide bonds. The normalized spacial score (nSPS) is 30.6. The molecule has 3 heteroatoms. The molecule has 1 saturated carbocycles. The average Bonchev–Trinajstić information content (AvgIpc) is 2.60. The van der Waals surface area contributed by atoms with E-state index in [9.17, 15) is 0 Å². The largest absolute Gasteiger partial charge is 0.319 e. The summed E-state index contributed by atoms with van der Waals surface area (Å²) in [6.45, 7) is 6.49. The summed E-state index contributed by atoms with van der Waals surface area (Å²) in [4.78, 5) is 5.99. The van der Waals surface area contributed by atoms with Crippen LogP contribution >= 0.6 is 11.3 Å². The molecule has 0 aromatic carbocycles. The first-order valence-corrected chi connectivity index (χ1v) is 7.10. The van der Waals surface area contributed by atoms with Gasteiger partial charge in [0.25, 0.3) is 0 Å². The number of hydrogen-bond acceptors (Lipinski definition) is 3. The van der Waals surface area contributed by atoms with Crippen LogP contribution < -0.4 is 5.73 Å². The quantitative estimate of drug-likeness (QED) is 0.856. The lowest BCUT2D eigenvalue weighted by atomic mass is 9.75. The van der Waals surface area contributed by atoms with Gasteiger partial charge in [0, 0.05) is 4.88 Å². The minimum absolute atomic E-state index is 0.136. The Hall–Kier alpha value is -0.410. The topological polar surface area (TPSA) is 38.9 Å². The second-order valence-corrected chi connectivity index (χ2v) is 6.39. The Balaban J connectivity index is 2.23. The summed E-state index contributed by atoms with van der Waals surface area (Å²) in [6.07, 6.45) is 6.08. The van der Waals surface area contributed by atoms with Gasteiger partial charge in [-0.15, -0.1) is 11.3 Å². The summed E-state index contributed by atoms with van der Waals surface area (Å²) in [5.41, 5.74) is 7.60. The predicted molar refractivity (Wildman–Crippen MR) is 69.7 cm³/mol. The Morgan fingerprint density at radius 3 is 2.81 bits per heavy atom. The van der Waals surface area contributed by atoms with E-state index in [2.05, 4.69) is 25.8 Å². The molecule has 2 N–H and O–H groups in total. The summed E-state index contributed by atoms with van der Waals surface area (Å²) >= 11 is 1.80. The Kier molecular flexibility index (Phi) is 3.36. The molecule has 1 aliphatic rings. The van der Waals surface area contributed by atoms with Crippen molar-refractivity contribution in [1.29, 1.82) is 0 Å². The number of aromatic nitrogens is 1. The number of hydrogen-bond donors (Lipinski definition) is 1. The number of rotatable bonds is 2. The fraction of sp³-hybridized carbons (Fsp3) is 0.769. The number of nitrogens with zero attached hydrogens (tertiary/aromatic N) is 1. The third kappa shape index (κ3) is 2.16. The summed E-state index contributed by atoms with van der Waals surface area (Å²) in [7, 11) is 0. The van der Waals surface area contributed by atoms with Gasteiger partial charge in [-0.3, -0.25) is 0 Å². The summed E-state index contributed by atoms with van der Waals surface area (Å²) in [5.74, 6) is 0.795. The van der Waals surface area contributed by atoms with Crippen LogP contribution in [0.2, 0.25) is 0 Å². The van der Waals surface area contributed by atoms with Crippen molar-refractivity contribution < 1.29 is 0 Å². The highest BCUT2D eigenvalue weighted by Gasteiger charge is 2.36. The Morgan fingerprint density at radius 2 is 2.25 bits per heavy atom. The SMILES string of the molecule is CCC1CCCC(N)(c2nc(C)c(C)s2)C1. The Morgan fingerprint density at radius 1 is 1.50 bits per heavy atom. The molecule has 0 spiro atoms. The summed E-state index contributed by atoms with van der Waals surface area (Å²) in [5, 5.41) is 1.17. The van der Waals surface area contributed by atoms with Crippen LogP contribution in [0.3, 0.4) is 0 Å². The van der Waals surface area contributed by atoms with E-state index < -0.39 is 0 Å². The Labute approximate surface area is 102 Å². The van der Waals surface area contributed by atoms with Crippen LogP contribution in [0, 0.1) is 19.8 Å². The van der Waals surface area contributed by atoms with Gasteiger partial charge in [-0.1, -0.05) is 26.2 Å². The van der Waals surface area contributed by atoms with Crippen molar-refractivity contribution >= 4 is 11.3 Å². The molecule has 1 aromatic rings. The standard InChI is InChI=1S/C13H22N2S/c1-4-11-6-5-7-13(14,8-11)12-15-9(2)10(3)16-12/h11H,4-8,14H2,1-3H3. The zero-order valence-electron chi connectivity index (χ0n) is 10.5. The highest BCUT2D eigenvalue weighted by atomic mass is 32.1. The molecule has 0 bridgehead atoms. The molecule has 1 aromatic heterocycles. The Bertz CT molecular complexity index is 353. The maximum absolute atomic E-state index is 6.58. The van der Waals surface area contributed by atoms with Crippen LogP contribution in [0.1, 0.15) is 54.6 Å². The average molecular weight is 238 g/mol. The van der Waals surface area contributed by atoms with Crippen LogP contribution in [0.5, 0.6) is 0 Å². The summed E-state index contributed by atoms with van der Waals surface area (Å²) in [6, 6.07) is 0. The molecule has 16 heavy (non-hydrogen) atoms. The van der Waals surface area contributed by atoms with E-state index in [-0.39, 0.29) is 5.54 Å². The molecule has 1 heterocycles. The fourth-order valence-corrected chi connectivity index (χ4v) is 3.71. The van der Waals surface area contributed by atoms with Crippen LogP contribution in [-0.4, -0.2) is 4.98 Å². The van der Waals surface area contributed by atoms with E-state index >= 15 is 0 Å². The van der Waals surface area contributed by atoms with Crippen LogP contribution in [0.4, 0.5) is 0 Å². The molecular formula is C13H22N2S. The van der Waals surface area contributed by atoms with E-state index in [1.54, 1.807) is 11.3 Å². The zero-order chi connectivity index (χ0) is 11.8. The molecule has 0 aliphatic heterocycles. The van der Waals surface area contributed by atoms with Crippen molar-refractivity contribution in [2.24, 2.45) is 11.7 Å². The molecule has 2 unspecified atom stereocenters. The van der Waals surface area contributed by atoms with E-state index in [1.807, 2.05) is 0 Å². The molecule has 1 fully saturated rings. The lowest BCUT2D eigenvalue weighted by Crippen LogP contribution is -2.41. The van der Waals surface area contributed by atoms with Gasteiger partial charge in [0.1, 0.15) is 5.01 Å². The van der Waals surface area contributed by atoms with Gasteiger partial charge < -0.3 is 5.73 Å². The van der Waals surface area contributed by atoms with Crippen LogP contribution in [0.25, 0.3) is 0 Å². The molecule has 0 radical (unpaired) electrons. The molecule has 1 aliphatic carbocycles. The second-order valence-electron chi connectivity index (χ2n) is 5.19. The van der Waals surface area contributed by atoms with Crippen molar-refractivity contribution in [1.82, 2.24) is 4.98 Å². The highest BCUT2D eigenvalue weighted by molar-refractivity contribution is 7.11. The van der Waals surface area contributed by atoms with Gasteiger partial charge in [0.05, 0.1) is 11.2 Å². The minimum atomic E-state index is -0.136. The van der Waals surface area contributed by atoms with Crippen molar-refractivity contribution in [3.05, 3.63) is 15.6 Å². The first kappa shape index (κ1) is 12.1. The van der Waals surface area contributed by atoms with Gasteiger partial charge in [0.2, 0.25) is 0 Å². The van der Waals surface area contributed by atoms with E-state index in [0.29, 0.717) is 0 Å². The first-order chi connectivity index (χ1) is 7.55. The smallest absolute Gasteiger partial charge is 0.113 e. The maximum atomic E-state index is 6.58. The van der Waals surface area contributed by atoms with Crippen molar-refractivity contribution in [2.75, 3.05) is 0 Å². The van der Waals surface area contributed by atoms with E-state index in [0.717, 1.165) is 24.5 Å². The van der Waals surface area contributed by atoms with Crippen molar-refractivity contribution in [3.63, 3.8) is 0 Å². The number of thiazole rings is 1. The van der Waals surface area contributed by atoms with Gasteiger partial charge in [-0.2, -0.15) is 0 Å². The third-order valence-electron chi connectivity index (χ3n) is 3.92. The fourth-order valence-electron chi connectivity index (χ4n) is 2.65. The number of nitrogens with two attached hydrogens (primary N) is 1. The lowest BCUT2D eigenvalue weighted by molar-refractivity contribution is 0.221. The van der Waals surface area contributed by atoms with E-state index in [4.69, 9.17) is 5.73 Å². The second kappa shape index (κ2) is 4.46. The first-order valence-electron chi connectivity index (χ1n) is 6.28. The molecular weight excluding hydrogens is 216 g/mol.